The lowest BCUT2D eigenvalue weighted by atomic mass is 10.3. The number of aromatic nitrogens is 2. The van der Waals surface area contributed by atoms with Crippen LogP contribution in [-0.4, -0.2) is 22.5 Å². The van der Waals surface area contributed by atoms with Crippen LogP contribution in [0.5, 0.6) is 0 Å². The molecule has 4 heteroatoms. The van der Waals surface area contributed by atoms with E-state index in [9.17, 15) is 4.79 Å². The molecular formula is C12H16N2O2. The number of ether oxygens (including phenoxy) is 1. The van der Waals surface area contributed by atoms with Crippen molar-refractivity contribution in [2.24, 2.45) is 0 Å². The minimum Gasteiger partial charge on any atom is -0.465 e. The molecule has 2 rings (SSSR count). The van der Waals surface area contributed by atoms with Gasteiger partial charge in [0.25, 0.3) is 0 Å². The third-order valence-corrected chi connectivity index (χ3v) is 1.82. The Morgan fingerprint density at radius 1 is 1.44 bits per heavy atom. The largest absolute Gasteiger partial charge is 0.465 e. The second kappa shape index (κ2) is 5.90. The molecule has 0 aromatic carbocycles. The molecule has 16 heavy (non-hydrogen) atoms. The molecule has 2 aromatic heterocycles. The predicted octanol–water partition coefficient (Wildman–Crippen LogP) is 2.54. The fraction of sp³-hybridized carbons (Fsp3) is 0.333. The maximum Gasteiger partial charge on any atom is 0.338 e. The molecule has 0 amide bonds. The van der Waals surface area contributed by atoms with Gasteiger partial charge in [0.1, 0.15) is 5.65 Å². The van der Waals surface area contributed by atoms with E-state index < -0.39 is 0 Å². The van der Waals surface area contributed by atoms with E-state index in [2.05, 4.69) is 23.6 Å². The highest BCUT2D eigenvalue weighted by atomic mass is 16.5. The number of pyridine rings is 1. The van der Waals surface area contributed by atoms with Gasteiger partial charge in [-0.2, -0.15) is 0 Å². The average Bonchev–Trinajstić information content (AvgIpc) is 2.75. The molecule has 0 aliphatic rings. The molecular weight excluding hydrogens is 204 g/mol. The van der Waals surface area contributed by atoms with Crippen LogP contribution in [0.3, 0.4) is 0 Å². The topological polar surface area (TPSA) is 43.6 Å². The lowest BCUT2D eigenvalue weighted by Gasteiger charge is -1.98. The Morgan fingerprint density at radius 3 is 2.75 bits per heavy atom. The Kier molecular flexibility index (Phi) is 4.51. The van der Waals surface area contributed by atoms with E-state index in [1.54, 1.807) is 24.5 Å². The van der Waals surface area contributed by atoms with Gasteiger partial charge in [-0.15, -0.1) is 0 Å². The van der Waals surface area contributed by atoms with Crippen molar-refractivity contribution in [1.29, 1.82) is 0 Å². The van der Waals surface area contributed by atoms with Gasteiger partial charge in [-0.3, -0.25) is 0 Å². The molecule has 2 heterocycles. The number of carbonyl (C=O) groups excluding carboxylic acids is 1. The SMILES string of the molecule is CCC.COC(=O)c1ccn2ccnc2c1. The first-order valence-electron chi connectivity index (χ1n) is 5.24. The standard InChI is InChI=1S/C9H8N2O2.C3H8/c1-13-9(12)7-2-4-11-5-3-10-8(11)6-7;1-3-2/h2-6H,1H3;3H2,1-2H3. The fourth-order valence-electron chi connectivity index (χ4n) is 1.16. The summed E-state index contributed by atoms with van der Waals surface area (Å²) in [5.74, 6) is -0.342. The molecule has 0 aliphatic heterocycles. The first-order valence-corrected chi connectivity index (χ1v) is 5.24. The molecule has 0 atom stereocenters. The quantitative estimate of drug-likeness (QED) is 0.694. The Labute approximate surface area is 94.9 Å². The summed E-state index contributed by atoms with van der Waals surface area (Å²) in [5, 5.41) is 0. The molecule has 0 bridgehead atoms. The first kappa shape index (κ1) is 12.2. The van der Waals surface area contributed by atoms with Crippen LogP contribution in [-0.2, 0) is 4.74 Å². The smallest absolute Gasteiger partial charge is 0.338 e. The van der Waals surface area contributed by atoms with Crippen molar-refractivity contribution in [3.8, 4) is 0 Å². The number of nitrogens with zero attached hydrogens (tertiary/aromatic N) is 2. The monoisotopic (exact) mass is 220 g/mol. The van der Waals surface area contributed by atoms with Crippen molar-refractivity contribution in [3.05, 3.63) is 36.3 Å². The lowest BCUT2D eigenvalue weighted by Crippen LogP contribution is -2.01. The van der Waals surface area contributed by atoms with E-state index in [-0.39, 0.29) is 5.97 Å². The summed E-state index contributed by atoms with van der Waals surface area (Å²) >= 11 is 0. The molecule has 4 nitrogen and oxygen atoms in total. The molecule has 0 fully saturated rings. The van der Waals surface area contributed by atoms with E-state index in [0.717, 1.165) is 5.65 Å². The van der Waals surface area contributed by atoms with Crippen molar-refractivity contribution < 1.29 is 9.53 Å². The van der Waals surface area contributed by atoms with Gasteiger partial charge in [0.15, 0.2) is 0 Å². The third-order valence-electron chi connectivity index (χ3n) is 1.82. The zero-order valence-corrected chi connectivity index (χ0v) is 9.80. The number of rotatable bonds is 1. The lowest BCUT2D eigenvalue weighted by molar-refractivity contribution is 0.0600. The van der Waals surface area contributed by atoms with Crippen LogP contribution in [0.1, 0.15) is 30.6 Å². The fourth-order valence-corrected chi connectivity index (χ4v) is 1.16. The number of imidazole rings is 1. The molecule has 0 radical (unpaired) electrons. The van der Waals surface area contributed by atoms with Crippen LogP contribution >= 0.6 is 0 Å². The Bertz CT molecular complexity index is 463. The van der Waals surface area contributed by atoms with Crippen molar-refractivity contribution in [2.45, 2.75) is 20.3 Å². The second-order valence-corrected chi connectivity index (χ2v) is 3.31. The summed E-state index contributed by atoms with van der Waals surface area (Å²) in [7, 11) is 1.36. The van der Waals surface area contributed by atoms with E-state index >= 15 is 0 Å². The van der Waals surface area contributed by atoms with Gasteiger partial charge in [0.2, 0.25) is 0 Å². The molecule has 0 spiro atoms. The van der Waals surface area contributed by atoms with E-state index in [1.807, 2.05) is 10.6 Å². The summed E-state index contributed by atoms with van der Waals surface area (Å²) in [6, 6.07) is 3.38. The normalized spacial score (nSPS) is 9.44. The highest BCUT2D eigenvalue weighted by Gasteiger charge is 2.05. The average molecular weight is 220 g/mol. The van der Waals surface area contributed by atoms with E-state index in [4.69, 9.17) is 0 Å². The van der Waals surface area contributed by atoms with Crippen molar-refractivity contribution >= 4 is 11.6 Å². The molecule has 0 saturated carbocycles. The molecule has 0 saturated heterocycles. The number of methoxy groups -OCH3 is 1. The number of hydrogen-bond donors (Lipinski definition) is 0. The van der Waals surface area contributed by atoms with E-state index in [1.165, 1.54) is 13.5 Å². The summed E-state index contributed by atoms with van der Waals surface area (Å²) in [4.78, 5) is 15.2. The molecule has 0 unspecified atom stereocenters. The van der Waals surface area contributed by atoms with Gasteiger partial charge in [-0.1, -0.05) is 20.3 Å². The Hall–Kier alpha value is -1.84. The summed E-state index contributed by atoms with van der Waals surface area (Å²) in [5.41, 5.74) is 1.25. The van der Waals surface area contributed by atoms with Crippen LogP contribution in [0.15, 0.2) is 30.7 Å². The van der Waals surface area contributed by atoms with Crippen molar-refractivity contribution in [3.63, 3.8) is 0 Å². The minimum atomic E-state index is -0.342. The van der Waals surface area contributed by atoms with Crippen LogP contribution in [0.25, 0.3) is 5.65 Å². The molecule has 2 aromatic rings. The summed E-state index contributed by atoms with van der Waals surface area (Å²) < 4.78 is 6.41. The molecule has 0 aliphatic carbocycles. The zero-order chi connectivity index (χ0) is 12.0. The van der Waals surface area contributed by atoms with Crippen molar-refractivity contribution in [2.75, 3.05) is 7.11 Å². The van der Waals surface area contributed by atoms with Crippen LogP contribution in [0.2, 0.25) is 0 Å². The van der Waals surface area contributed by atoms with Gasteiger partial charge >= 0.3 is 5.97 Å². The highest BCUT2D eigenvalue weighted by Crippen LogP contribution is 2.06. The maximum absolute atomic E-state index is 11.1. The second-order valence-electron chi connectivity index (χ2n) is 3.31. The Balaban J connectivity index is 0.000000386. The van der Waals surface area contributed by atoms with Crippen LogP contribution in [0, 0.1) is 0 Å². The predicted molar refractivity (Wildman–Crippen MR) is 62.5 cm³/mol. The van der Waals surface area contributed by atoms with Gasteiger partial charge in [-0.05, 0) is 12.1 Å². The summed E-state index contributed by atoms with van der Waals surface area (Å²) in [6.07, 6.45) is 6.52. The minimum absolute atomic E-state index is 0.342. The maximum atomic E-state index is 11.1. The van der Waals surface area contributed by atoms with Crippen LogP contribution < -0.4 is 0 Å². The highest BCUT2D eigenvalue weighted by molar-refractivity contribution is 5.90. The van der Waals surface area contributed by atoms with Crippen LogP contribution in [0.4, 0.5) is 0 Å². The molecule has 86 valence electrons. The van der Waals surface area contributed by atoms with Gasteiger partial charge in [-0.25, -0.2) is 9.78 Å². The number of carbonyl (C=O) groups is 1. The number of fused-ring (bicyclic) bond motifs is 1. The van der Waals surface area contributed by atoms with Crippen molar-refractivity contribution in [1.82, 2.24) is 9.38 Å². The Morgan fingerprint density at radius 2 is 2.12 bits per heavy atom. The third kappa shape index (κ3) is 2.82. The van der Waals surface area contributed by atoms with Gasteiger partial charge in [0, 0.05) is 18.6 Å². The van der Waals surface area contributed by atoms with Gasteiger partial charge in [0.05, 0.1) is 12.7 Å². The van der Waals surface area contributed by atoms with Gasteiger partial charge < -0.3 is 9.14 Å². The number of esters is 1. The first-order chi connectivity index (χ1) is 7.72. The zero-order valence-electron chi connectivity index (χ0n) is 9.80. The van der Waals surface area contributed by atoms with E-state index in [0.29, 0.717) is 5.56 Å². The number of hydrogen-bond acceptors (Lipinski definition) is 3. The summed E-state index contributed by atoms with van der Waals surface area (Å²) in [6.45, 7) is 4.25. The molecule has 0 N–H and O–H groups in total.